The van der Waals surface area contributed by atoms with Crippen molar-refractivity contribution in [1.29, 1.82) is 0 Å². The zero-order valence-electron chi connectivity index (χ0n) is 15.9. The molecule has 0 amide bonds. The van der Waals surface area contributed by atoms with E-state index in [9.17, 15) is 0 Å². The van der Waals surface area contributed by atoms with Gasteiger partial charge in [0, 0.05) is 38.6 Å². The molecular formula is C20H30IN5. The molecule has 0 saturated heterocycles. The largest absolute Gasteiger partial charge is 0.372 e. The molecule has 0 spiro atoms. The Kier molecular flexibility index (Phi) is 10.7. The van der Waals surface area contributed by atoms with Crippen LogP contribution in [-0.4, -0.2) is 37.6 Å². The summed E-state index contributed by atoms with van der Waals surface area (Å²) in [5, 5.41) is 6.70. The predicted octanol–water partition coefficient (Wildman–Crippen LogP) is 3.59. The van der Waals surface area contributed by atoms with Gasteiger partial charge >= 0.3 is 0 Å². The molecule has 0 bridgehead atoms. The summed E-state index contributed by atoms with van der Waals surface area (Å²) in [6.45, 7) is 7.85. The van der Waals surface area contributed by atoms with Crippen LogP contribution >= 0.6 is 24.0 Å². The number of anilines is 1. The second-order valence-electron chi connectivity index (χ2n) is 5.89. The van der Waals surface area contributed by atoms with E-state index in [0.29, 0.717) is 6.54 Å². The smallest absolute Gasteiger partial charge is 0.191 e. The van der Waals surface area contributed by atoms with Crippen molar-refractivity contribution >= 4 is 35.6 Å². The molecule has 0 aliphatic heterocycles. The number of nitrogens with zero attached hydrogens (tertiary/aromatic N) is 3. The highest BCUT2D eigenvalue weighted by Crippen LogP contribution is 2.12. The van der Waals surface area contributed by atoms with E-state index < -0.39 is 0 Å². The molecule has 2 aromatic rings. The van der Waals surface area contributed by atoms with Crippen LogP contribution in [0.25, 0.3) is 0 Å². The van der Waals surface area contributed by atoms with Crippen molar-refractivity contribution in [1.82, 2.24) is 15.6 Å². The van der Waals surface area contributed by atoms with E-state index in [1.807, 2.05) is 12.3 Å². The number of guanidine groups is 1. The van der Waals surface area contributed by atoms with E-state index >= 15 is 0 Å². The topological polar surface area (TPSA) is 52.5 Å². The van der Waals surface area contributed by atoms with Crippen molar-refractivity contribution < 1.29 is 0 Å². The summed E-state index contributed by atoms with van der Waals surface area (Å²) in [6.07, 6.45) is 2.87. The van der Waals surface area contributed by atoms with Gasteiger partial charge in [-0.05, 0) is 44.0 Å². The minimum absolute atomic E-state index is 0. The highest BCUT2D eigenvalue weighted by Gasteiger charge is 2.04. The summed E-state index contributed by atoms with van der Waals surface area (Å²) < 4.78 is 0. The van der Waals surface area contributed by atoms with Gasteiger partial charge in [0.15, 0.2) is 5.96 Å². The Hall–Kier alpha value is -1.83. The Morgan fingerprint density at radius 3 is 2.54 bits per heavy atom. The SMILES string of the molecule is CCN(CCCNC(=NC)NCc1ncccc1C)c1ccccc1.I. The zero-order valence-corrected chi connectivity index (χ0v) is 18.2. The fourth-order valence-corrected chi connectivity index (χ4v) is 2.68. The van der Waals surface area contributed by atoms with Gasteiger partial charge in [0.05, 0.1) is 12.2 Å². The van der Waals surface area contributed by atoms with Crippen molar-refractivity contribution in [3.05, 3.63) is 59.9 Å². The third-order valence-corrected chi connectivity index (χ3v) is 4.17. The molecule has 0 saturated carbocycles. The number of hydrogen-bond donors (Lipinski definition) is 2. The highest BCUT2D eigenvalue weighted by atomic mass is 127. The monoisotopic (exact) mass is 467 g/mol. The molecule has 26 heavy (non-hydrogen) atoms. The average Bonchev–Trinajstić information content (AvgIpc) is 2.66. The van der Waals surface area contributed by atoms with Crippen LogP contribution in [0.5, 0.6) is 0 Å². The van der Waals surface area contributed by atoms with Gasteiger partial charge in [0.1, 0.15) is 0 Å². The maximum atomic E-state index is 4.40. The van der Waals surface area contributed by atoms with Crippen LogP contribution in [0.1, 0.15) is 24.6 Å². The van der Waals surface area contributed by atoms with Gasteiger partial charge in [-0.2, -0.15) is 0 Å². The quantitative estimate of drug-likeness (QED) is 0.270. The Morgan fingerprint density at radius 2 is 1.88 bits per heavy atom. The number of halogens is 1. The Balaban J connectivity index is 0.00000338. The van der Waals surface area contributed by atoms with E-state index in [-0.39, 0.29) is 24.0 Å². The number of para-hydroxylation sites is 1. The lowest BCUT2D eigenvalue weighted by molar-refractivity contribution is 0.706. The number of pyridine rings is 1. The number of aryl methyl sites for hydroxylation is 1. The Bertz CT molecular complexity index is 660. The molecule has 2 rings (SSSR count). The third-order valence-electron chi connectivity index (χ3n) is 4.17. The minimum atomic E-state index is 0. The number of aromatic nitrogens is 1. The summed E-state index contributed by atoms with van der Waals surface area (Å²) in [5.41, 5.74) is 3.51. The Labute approximate surface area is 174 Å². The number of rotatable bonds is 8. The summed E-state index contributed by atoms with van der Waals surface area (Å²) in [4.78, 5) is 11.1. The molecule has 0 unspecified atom stereocenters. The fraction of sp³-hybridized carbons (Fsp3) is 0.400. The summed E-state index contributed by atoms with van der Waals surface area (Å²) >= 11 is 0. The van der Waals surface area contributed by atoms with Gasteiger partial charge in [-0.3, -0.25) is 9.98 Å². The average molecular weight is 467 g/mol. The number of nitrogens with one attached hydrogen (secondary N) is 2. The molecule has 0 atom stereocenters. The van der Waals surface area contributed by atoms with E-state index in [0.717, 1.165) is 37.7 Å². The van der Waals surface area contributed by atoms with Gasteiger partial charge in [0.2, 0.25) is 0 Å². The first-order valence-corrected chi connectivity index (χ1v) is 8.89. The van der Waals surface area contributed by atoms with Crippen molar-refractivity contribution in [3.63, 3.8) is 0 Å². The normalized spacial score (nSPS) is 10.8. The molecule has 1 aromatic carbocycles. The summed E-state index contributed by atoms with van der Waals surface area (Å²) in [7, 11) is 1.79. The van der Waals surface area contributed by atoms with Crippen LogP contribution in [0.3, 0.4) is 0 Å². The van der Waals surface area contributed by atoms with Gasteiger partial charge < -0.3 is 15.5 Å². The van der Waals surface area contributed by atoms with Crippen LogP contribution in [0.15, 0.2) is 53.7 Å². The van der Waals surface area contributed by atoms with Crippen molar-refractivity contribution in [2.24, 2.45) is 4.99 Å². The van der Waals surface area contributed by atoms with Crippen molar-refractivity contribution in [2.45, 2.75) is 26.8 Å². The number of benzene rings is 1. The highest BCUT2D eigenvalue weighted by molar-refractivity contribution is 14.0. The van der Waals surface area contributed by atoms with Crippen LogP contribution in [0, 0.1) is 6.92 Å². The third kappa shape index (κ3) is 7.19. The van der Waals surface area contributed by atoms with Crippen molar-refractivity contribution in [3.8, 4) is 0 Å². The molecule has 1 heterocycles. The maximum absolute atomic E-state index is 4.40. The van der Waals surface area contributed by atoms with Crippen LogP contribution in [0.4, 0.5) is 5.69 Å². The molecule has 2 N–H and O–H groups in total. The first kappa shape index (κ1) is 22.2. The number of hydrogen-bond acceptors (Lipinski definition) is 3. The standard InChI is InChI=1S/C20H29N5.HI/c1-4-25(18-11-6-5-7-12-18)15-9-14-23-20(21-3)24-16-19-17(2)10-8-13-22-19;/h5-8,10-13H,4,9,14-16H2,1-3H3,(H2,21,23,24);1H. The second kappa shape index (κ2) is 12.5. The van der Waals surface area contributed by atoms with Gasteiger partial charge in [0.25, 0.3) is 0 Å². The second-order valence-corrected chi connectivity index (χ2v) is 5.89. The van der Waals surface area contributed by atoms with E-state index in [2.05, 4.69) is 75.8 Å². The van der Waals surface area contributed by atoms with Crippen LogP contribution < -0.4 is 15.5 Å². The van der Waals surface area contributed by atoms with Gasteiger partial charge in [-0.25, -0.2) is 0 Å². The van der Waals surface area contributed by atoms with Gasteiger partial charge in [-0.15, -0.1) is 24.0 Å². The summed E-state index contributed by atoms with van der Waals surface area (Å²) in [5.74, 6) is 0.813. The lowest BCUT2D eigenvalue weighted by atomic mass is 10.2. The molecule has 0 aliphatic carbocycles. The predicted molar refractivity (Wildman–Crippen MR) is 122 cm³/mol. The minimum Gasteiger partial charge on any atom is -0.372 e. The maximum Gasteiger partial charge on any atom is 0.191 e. The molecule has 0 fully saturated rings. The lowest BCUT2D eigenvalue weighted by Gasteiger charge is -2.23. The van der Waals surface area contributed by atoms with Gasteiger partial charge in [-0.1, -0.05) is 24.3 Å². The molecule has 1 aromatic heterocycles. The van der Waals surface area contributed by atoms with Crippen molar-refractivity contribution in [2.75, 3.05) is 31.6 Å². The summed E-state index contributed by atoms with van der Waals surface area (Å²) in [6, 6.07) is 14.6. The lowest BCUT2D eigenvalue weighted by Crippen LogP contribution is -2.38. The molecule has 5 nitrogen and oxygen atoms in total. The molecule has 142 valence electrons. The van der Waals surface area contributed by atoms with Crippen LogP contribution in [-0.2, 0) is 6.54 Å². The Morgan fingerprint density at radius 1 is 1.12 bits per heavy atom. The molecule has 0 aliphatic rings. The van der Waals surface area contributed by atoms with Crippen LogP contribution in [0.2, 0.25) is 0 Å². The van der Waals surface area contributed by atoms with E-state index in [1.54, 1.807) is 7.05 Å². The first-order valence-electron chi connectivity index (χ1n) is 8.89. The van der Waals surface area contributed by atoms with E-state index in [4.69, 9.17) is 0 Å². The molecule has 6 heteroatoms. The molecular weight excluding hydrogens is 437 g/mol. The number of aliphatic imine (C=N–C) groups is 1. The zero-order chi connectivity index (χ0) is 17.9. The fourth-order valence-electron chi connectivity index (χ4n) is 2.68. The van der Waals surface area contributed by atoms with E-state index in [1.165, 1.54) is 11.3 Å². The first-order chi connectivity index (χ1) is 12.2. The molecule has 0 radical (unpaired) electrons.